The van der Waals surface area contributed by atoms with E-state index < -0.39 is 0 Å². The van der Waals surface area contributed by atoms with Gasteiger partial charge in [0.15, 0.2) is 0 Å². The van der Waals surface area contributed by atoms with E-state index in [9.17, 15) is 0 Å². The number of nitrogens with zero attached hydrogens (tertiary/aromatic N) is 2. The van der Waals surface area contributed by atoms with Crippen LogP contribution in [0.25, 0.3) is 11.0 Å². The summed E-state index contributed by atoms with van der Waals surface area (Å²) in [6, 6.07) is 15.9. The second-order valence-electron chi connectivity index (χ2n) is 5.52. The van der Waals surface area contributed by atoms with Crippen molar-refractivity contribution in [1.29, 1.82) is 5.41 Å². The van der Waals surface area contributed by atoms with Crippen LogP contribution in [0.5, 0.6) is 5.75 Å². The lowest BCUT2D eigenvalue weighted by molar-refractivity contribution is 0.301. The monoisotopic (exact) mass is 385 g/mol. The number of hydrogen-bond acceptors (Lipinski definition) is 2. The minimum absolute atomic E-state index is 0.500. The molecule has 0 radical (unpaired) electrons. The summed E-state index contributed by atoms with van der Waals surface area (Å²) in [5.41, 5.74) is 2.64. The van der Waals surface area contributed by atoms with E-state index in [1.54, 1.807) is 0 Å². The Hall–Kier alpha value is -2.27. The van der Waals surface area contributed by atoms with Crippen molar-refractivity contribution >= 4 is 27.0 Å². The highest BCUT2D eigenvalue weighted by atomic mass is 79.9. The molecule has 124 valence electrons. The minimum Gasteiger partial charge on any atom is -0.494 e. The number of halogens is 1. The summed E-state index contributed by atoms with van der Waals surface area (Å²) in [6.07, 6.45) is 2.67. The van der Waals surface area contributed by atoms with Crippen LogP contribution in [0.2, 0.25) is 0 Å². The molecule has 0 fully saturated rings. The molecule has 0 spiro atoms. The van der Waals surface area contributed by atoms with Crippen LogP contribution < -0.4 is 10.4 Å². The van der Waals surface area contributed by atoms with E-state index in [1.807, 2.05) is 57.7 Å². The van der Waals surface area contributed by atoms with Gasteiger partial charge in [-0.3, -0.25) is 5.41 Å². The van der Waals surface area contributed by atoms with Crippen LogP contribution in [0.3, 0.4) is 0 Å². The zero-order valence-electron chi connectivity index (χ0n) is 13.4. The normalized spacial score (nSPS) is 10.9. The van der Waals surface area contributed by atoms with Gasteiger partial charge in [-0.25, -0.2) is 0 Å². The van der Waals surface area contributed by atoms with Crippen LogP contribution >= 0.6 is 15.9 Å². The molecule has 4 nitrogen and oxygen atoms in total. The van der Waals surface area contributed by atoms with Gasteiger partial charge in [-0.15, -0.1) is 6.58 Å². The first-order chi connectivity index (χ1) is 11.7. The molecule has 0 aliphatic rings. The number of ether oxygens (including phenoxy) is 1. The summed E-state index contributed by atoms with van der Waals surface area (Å²) in [4.78, 5) is 0. The van der Waals surface area contributed by atoms with E-state index in [2.05, 4.69) is 28.6 Å². The molecule has 0 bridgehead atoms. The number of hydrogen-bond donors (Lipinski definition) is 1. The topological polar surface area (TPSA) is 42.9 Å². The second kappa shape index (κ2) is 7.53. The zero-order valence-corrected chi connectivity index (χ0v) is 15.0. The van der Waals surface area contributed by atoms with E-state index in [-0.39, 0.29) is 0 Å². The number of rotatable bonds is 7. The standard InChI is InChI=1S/C19H20BrN3O/c1-2-12-22-17-6-3-4-7-18(17)23(19(22)21)13-5-14-24-16-10-8-15(20)9-11-16/h2-4,6-11,21H,1,5,12-14H2. The molecule has 0 aliphatic carbocycles. The highest BCUT2D eigenvalue weighted by Gasteiger charge is 2.09. The Bertz CT molecular complexity index is 893. The summed E-state index contributed by atoms with van der Waals surface area (Å²) in [5.74, 6) is 0.864. The third-order valence-corrected chi connectivity index (χ3v) is 4.42. The first kappa shape index (κ1) is 16.6. The molecular weight excluding hydrogens is 366 g/mol. The van der Waals surface area contributed by atoms with Gasteiger partial charge in [0.2, 0.25) is 5.62 Å². The molecule has 5 heteroatoms. The first-order valence-electron chi connectivity index (χ1n) is 7.92. The highest BCUT2D eigenvalue weighted by molar-refractivity contribution is 9.10. The van der Waals surface area contributed by atoms with Crippen LogP contribution in [0.15, 0.2) is 65.7 Å². The van der Waals surface area contributed by atoms with Crippen LogP contribution in [-0.2, 0) is 13.1 Å². The van der Waals surface area contributed by atoms with Crippen LogP contribution in [0.1, 0.15) is 6.42 Å². The van der Waals surface area contributed by atoms with Crippen LogP contribution in [0, 0.1) is 5.41 Å². The molecule has 3 rings (SSSR count). The predicted octanol–water partition coefficient (Wildman–Crippen LogP) is 4.34. The summed E-state index contributed by atoms with van der Waals surface area (Å²) in [5, 5.41) is 8.43. The third kappa shape index (κ3) is 3.46. The largest absolute Gasteiger partial charge is 0.494 e. The van der Waals surface area contributed by atoms with Crippen molar-refractivity contribution in [2.45, 2.75) is 19.5 Å². The predicted molar refractivity (Wildman–Crippen MR) is 100 cm³/mol. The number of para-hydroxylation sites is 2. The molecule has 0 atom stereocenters. The molecular formula is C19H20BrN3O. The number of fused-ring (bicyclic) bond motifs is 1. The lowest BCUT2D eigenvalue weighted by Crippen LogP contribution is -2.25. The molecule has 0 amide bonds. The Morgan fingerprint density at radius 1 is 1.04 bits per heavy atom. The van der Waals surface area contributed by atoms with E-state index in [0.29, 0.717) is 18.8 Å². The van der Waals surface area contributed by atoms with Gasteiger partial charge in [0.25, 0.3) is 0 Å². The van der Waals surface area contributed by atoms with Crippen molar-refractivity contribution < 1.29 is 4.74 Å². The fourth-order valence-electron chi connectivity index (χ4n) is 2.78. The van der Waals surface area contributed by atoms with E-state index in [1.165, 1.54) is 0 Å². The molecule has 0 saturated heterocycles. The molecule has 0 aliphatic heterocycles. The Morgan fingerprint density at radius 3 is 2.38 bits per heavy atom. The third-order valence-electron chi connectivity index (χ3n) is 3.89. The molecule has 2 aromatic carbocycles. The number of aromatic nitrogens is 2. The Kier molecular flexibility index (Phi) is 5.20. The molecule has 24 heavy (non-hydrogen) atoms. The number of imidazole rings is 1. The summed E-state index contributed by atoms with van der Waals surface area (Å²) in [6.45, 7) is 5.80. The average molecular weight is 386 g/mol. The maximum absolute atomic E-state index is 8.43. The molecule has 1 N–H and O–H groups in total. The van der Waals surface area contributed by atoms with Gasteiger partial charge in [-0.2, -0.15) is 0 Å². The van der Waals surface area contributed by atoms with Gasteiger partial charge >= 0.3 is 0 Å². The maximum atomic E-state index is 8.43. The zero-order chi connectivity index (χ0) is 16.9. The van der Waals surface area contributed by atoms with Crippen LogP contribution in [-0.4, -0.2) is 15.7 Å². The van der Waals surface area contributed by atoms with E-state index in [0.717, 1.165) is 34.2 Å². The first-order valence-corrected chi connectivity index (χ1v) is 8.72. The smallest absolute Gasteiger partial charge is 0.203 e. The number of benzene rings is 2. The van der Waals surface area contributed by atoms with Crippen LogP contribution in [0.4, 0.5) is 0 Å². The summed E-state index contributed by atoms with van der Waals surface area (Å²) < 4.78 is 10.8. The maximum Gasteiger partial charge on any atom is 0.203 e. The number of aryl methyl sites for hydroxylation is 1. The quantitative estimate of drug-likeness (QED) is 0.477. The van der Waals surface area contributed by atoms with Crippen molar-refractivity contribution in [3.63, 3.8) is 0 Å². The molecule has 1 heterocycles. The SMILES string of the molecule is C=CCn1c(=N)n(CCCOc2ccc(Br)cc2)c2ccccc21. The Morgan fingerprint density at radius 2 is 1.71 bits per heavy atom. The van der Waals surface area contributed by atoms with Gasteiger partial charge in [-0.1, -0.05) is 34.1 Å². The molecule has 1 aromatic heterocycles. The fourth-order valence-corrected chi connectivity index (χ4v) is 3.04. The van der Waals surface area contributed by atoms with Gasteiger partial charge in [0.1, 0.15) is 5.75 Å². The Balaban J connectivity index is 1.71. The van der Waals surface area contributed by atoms with Gasteiger partial charge in [0, 0.05) is 17.6 Å². The Labute approximate surface area is 149 Å². The lowest BCUT2D eigenvalue weighted by Gasteiger charge is -2.07. The molecule has 3 aromatic rings. The minimum atomic E-state index is 0.500. The van der Waals surface area contributed by atoms with Crippen molar-refractivity contribution in [3.8, 4) is 5.75 Å². The molecule has 0 unspecified atom stereocenters. The number of allylic oxidation sites excluding steroid dienone is 1. The lowest BCUT2D eigenvalue weighted by atomic mass is 10.3. The van der Waals surface area contributed by atoms with Crippen molar-refractivity contribution in [3.05, 3.63) is 71.3 Å². The van der Waals surface area contributed by atoms with Crippen molar-refractivity contribution in [2.24, 2.45) is 0 Å². The van der Waals surface area contributed by atoms with Gasteiger partial charge in [0.05, 0.1) is 17.6 Å². The van der Waals surface area contributed by atoms with Crippen molar-refractivity contribution in [2.75, 3.05) is 6.61 Å². The van der Waals surface area contributed by atoms with Gasteiger partial charge < -0.3 is 13.9 Å². The van der Waals surface area contributed by atoms with Crippen molar-refractivity contribution in [1.82, 2.24) is 9.13 Å². The number of nitrogens with one attached hydrogen (secondary N) is 1. The van der Waals surface area contributed by atoms with E-state index in [4.69, 9.17) is 10.1 Å². The van der Waals surface area contributed by atoms with E-state index >= 15 is 0 Å². The summed E-state index contributed by atoms with van der Waals surface area (Å²) >= 11 is 3.41. The molecule has 0 saturated carbocycles. The average Bonchev–Trinajstić information content (AvgIpc) is 2.86. The second-order valence-corrected chi connectivity index (χ2v) is 6.43. The summed E-state index contributed by atoms with van der Waals surface area (Å²) in [7, 11) is 0. The highest BCUT2D eigenvalue weighted by Crippen LogP contribution is 2.17. The fraction of sp³-hybridized carbons (Fsp3) is 0.211. The van der Waals surface area contributed by atoms with Gasteiger partial charge in [-0.05, 0) is 42.8 Å².